The van der Waals surface area contributed by atoms with Crippen molar-refractivity contribution in [2.75, 3.05) is 26.2 Å². The van der Waals surface area contributed by atoms with E-state index in [1.54, 1.807) is 6.92 Å². The summed E-state index contributed by atoms with van der Waals surface area (Å²) >= 11 is -0.428. The summed E-state index contributed by atoms with van der Waals surface area (Å²) in [6.45, 7) is 5.94. The topological polar surface area (TPSA) is 32.3 Å². The summed E-state index contributed by atoms with van der Waals surface area (Å²) in [5.41, 5.74) is 0. The van der Waals surface area contributed by atoms with Crippen LogP contribution in [0.3, 0.4) is 0 Å². The third-order valence-corrected chi connectivity index (χ3v) is 3.12. The zero-order valence-corrected chi connectivity index (χ0v) is 10.2. The molecule has 0 aromatic carbocycles. The molecule has 0 bridgehead atoms. The number of nitrogens with zero attached hydrogens (tertiary/aromatic N) is 1. The second kappa shape index (κ2) is 8.48. The second-order valence-electron chi connectivity index (χ2n) is 2.41. The molecule has 1 aliphatic rings. The fraction of sp³-hybridized carbons (Fsp3) is 0.833. The first-order valence-corrected chi connectivity index (χ1v) is 5.00. The van der Waals surface area contributed by atoms with Crippen LogP contribution in [-0.4, -0.2) is 33.6 Å². The molecule has 0 aromatic rings. The Hall–Kier alpha value is 0.884. The summed E-state index contributed by atoms with van der Waals surface area (Å²) in [6.07, 6.45) is 0. The number of rotatable bonds is 2. The zero-order valence-electron chi connectivity index (χ0n) is 7.00. The van der Waals surface area contributed by atoms with Gasteiger partial charge in [0.05, 0.1) is 0 Å². The molecule has 6 heteroatoms. The molecule has 1 saturated heterocycles. The van der Waals surface area contributed by atoms with Crippen molar-refractivity contribution in [3.05, 3.63) is 0 Å². The van der Waals surface area contributed by atoms with Crippen LogP contribution in [-0.2, 0) is 24.2 Å². The first-order valence-electron chi connectivity index (χ1n) is 3.52. The Morgan fingerprint density at radius 3 is 2.25 bits per heavy atom. The predicted molar refractivity (Wildman–Crippen MR) is 49.6 cm³/mol. The van der Waals surface area contributed by atoms with E-state index in [4.69, 9.17) is 0 Å². The van der Waals surface area contributed by atoms with E-state index in [9.17, 15) is 4.79 Å². The molecule has 0 spiro atoms. The van der Waals surface area contributed by atoms with Crippen molar-refractivity contribution in [1.29, 1.82) is 0 Å². The third-order valence-electron chi connectivity index (χ3n) is 1.43. The molecule has 0 saturated carbocycles. The van der Waals surface area contributed by atoms with Gasteiger partial charge in [0.15, 0.2) is 0 Å². The molecule has 72 valence electrons. The Kier molecular flexibility index (Phi) is 10.9. The second-order valence-corrected chi connectivity index (χ2v) is 4.84. The van der Waals surface area contributed by atoms with Crippen LogP contribution in [0.4, 0.5) is 0 Å². The van der Waals surface area contributed by atoms with Crippen LogP contribution >= 0.6 is 24.8 Å². The molecule has 3 nitrogen and oxygen atoms in total. The number of nitrogens with one attached hydrogen (secondary N) is 1. The van der Waals surface area contributed by atoms with Gasteiger partial charge in [-0.15, -0.1) is 24.8 Å². The molecule has 12 heavy (non-hydrogen) atoms. The molecule has 1 aliphatic heterocycles. The van der Waals surface area contributed by atoms with Gasteiger partial charge in [0.1, 0.15) is 0 Å². The summed E-state index contributed by atoms with van der Waals surface area (Å²) in [5, 5.41) is 3.25. The number of hydrogen-bond donors (Lipinski definition) is 1. The Morgan fingerprint density at radius 1 is 1.33 bits per heavy atom. The average Bonchev–Trinajstić information content (AvgIpc) is 1.88. The molecule has 1 heterocycles. The maximum Gasteiger partial charge on any atom is -0.147 e. The molecule has 0 aromatic heterocycles. The molecule has 1 N–H and O–H groups in total. The average molecular weight is 249 g/mol. The molecule has 0 aliphatic carbocycles. The fourth-order valence-electron chi connectivity index (χ4n) is 0.999. The van der Waals surface area contributed by atoms with Crippen LogP contribution in [0.5, 0.6) is 0 Å². The van der Waals surface area contributed by atoms with Gasteiger partial charge < -0.3 is 0 Å². The van der Waals surface area contributed by atoms with Gasteiger partial charge in [-0.1, -0.05) is 0 Å². The van der Waals surface area contributed by atoms with Gasteiger partial charge in [0, 0.05) is 0 Å². The Labute approximate surface area is 94.7 Å². The van der Waals surface area contributed by atoms with Crippen molar-refractivity contribution in [2.45, 2.75) is 6.92 Å². The van der Waals surface area contributed by atoms with Gasteiger partial charge in [0.2, 0.25) is 0 Å². The van der Waals surface area contributed by atoms with E-state index in [0.717, 1.165) is 26.2 Å². The molecular formula is C6H14Cl2N2OTi. The SMILES string of the molecule is C[C](=O)[Ti][N]1CCNCC1.Cl.Cl. The fourth-order valence-corrected chi connectivity index (χ4v) is 2.39. The number of hydrogen-bond acceptors (Lipinski definition) is 3. The Balaban J connectivity index is 0. The van der Waals surface area contributed by atoms with Crippen LogP contribution in [0.1, 0.15) is 6.92 Å². The van der Waals surface area contributed by atoms with Gasteiger partial charge in [-0.05, 0) is 0 Å². The molecule has 0 radical (unpaired) electrons. The van der Waals surface area contributed by atoms with Crippen molar-refractivity contribution in [1.82, 2.24) is 8.70 Å². The van der Waals surface area contributed by atoms with Gasteiger partial charge in [0.25, 0.3) is 0 Å². The summed E-state index contributed by atoms with van der Waals surface area (Å²) in [6, 6.07) is 0. The number of piperazine rings is 1. The first-order chi connectivity index (χ1) is 4.79. The van der Waals surface area contributed by atoms with Gasteiger partial charge in [-0.3, -0.25) is 0 Å². The summed E-state index contributed by atoms with van der Waals surface area (Å²) in [7, 11) is 0. The normalized spacial score (nSPS) is 17.1. The van der Waals surface area contributed by atoms with Crippen LogP contribution in [0.2, 0.25) is 0 Å². The summed E-state index contributed by atoms with van der Waals surface area (Å²) < 4.78 is 2.70. The van der Waals surface area contributed by atoms with Gasteiger partial charge in [-0.25, -0.2) is 0 Å². The quantitative estimate of drug-likeness (QED) is 0.713. The van der Waals surface area contributed by atoms with Gasteiger partial charge in [-0.2, -0.15) is 0 Å². The monoisotopic (exact) mass is 248 g/mol. The maximum atomic E-state index is 10.7. The van der Waals surface area contributed by atoms with Crippen LogP contribution in [0, 0.1) is 0 Å². The van der Waals surface area contributed by atoms with Crippen molar-refractivity contribution < 1.29 is 24.2 Å². The van der Waals surface area contributed by atoms with E-state index < -0.39 is 19.4 Å². The van der Waals surface area contributed by atoms with Crippen molar-refractivity contribution in [3.63, 3.8) is 0 Å². The minimum atomic E-state index is -0.428. The van der Waals surface area contributed by atoms with E-state index in [1.165, 1.54) is 0 Å². The number of carbonyl (C=O) groups is 1. The van der Waals surface area contributed by atoms with E-state index in [-0.39, 0.29) is 24.8 Å². The Morgan fingerprint density at radius 2 is 1.83 bits per heavy atom. The van der Waals surface area contributed by atoms with E-state index >= 15 is 0 Å². The standard InChI is InChI=1S/C4H9N2.C2H3O.2ClH.Ti/c1-2-6-4-3-5-1;1-2-3;;;/h5H,1-4H2;1H3;2*1H;/q-1;;;;+1. The van der Waals surface area contributed by atoms with Crippen molar-refractivity contribution in [2.24, 2.45) is 0 Å². The van der Waals surface area contributed by atoms with Crippen LogP contribution in [0.25, 0.3) is 0 Å². The smallest absolute Gasteiger partial charge is 0.147 e. The minimum absolute atomic E-state index is 0. The van der Waals surface area contributed by atoms with Crippen LogP contribution in [0.15, 0.2) is 0 Å². The maximum absolute atomic E-state index is 10.7. The number of carbonyl (C=O) groups excluding carboxylic acids is 1. The molecular weight excluding hydrogens is 235 g/mol. The van der Waals surface area contributed by atoms with E-state index in [2.05, 4.69) is 8.70 Å². The largest absolute Gasteiger partial charge is 0.147 e. The van der Waals surface area contributed by atoms with Crippen LogP contribution < -0.4 is 5.32 Å². The predicted octanol–water partition coefficient (Wildman–Crippen LogP) is 0.279. The Bertz CT molecular complexity index is 131. The van der Waals surface area contributed by atoms with E-state index in [0.29, 0.717) is 4.09 Å². The molecule has 1 fully saturated rings. The van der Waals surface area contributed by atoms with Gasteiger partial charge >= 0.3 is 70.1 Å². The zero-order chi connectivity index (χ0) is 7.40. The van der Waals surface area contributed by atoms with E-state index in [1.807, 2.05) is 0 Å². The molecule has 0 atom stereocenters. The van der Waals surface area contributed by atoms with Crippen molar-refractivity contribution >= 4 is 28.9 Å². The first kappa shape index (κ1) is 15.4. The number of halogens is 2. The molecule has 0 unspecified atom stereocenters. The summed E-state index contributed by atoms with van der Waals surface area (Å²) in [4.78, 5) is 10.7. The molecule has 1 rings (SSSR count). The molecule has 0 amide bonds. The summed E-state index contributed by atoms with van der Waals surface area (Å²) in [5.74, 6) is 0. The third kappa shape index (κ3) is 6.41. The minimum Gasteiger partial charge on any atom is -0.147 e. The van der Waals surface area contributed by atoms with Crippen molar-refractivity contribution in [3.8, 4) is 0 Å².